The Labute approximate surface area is 194 Å². The molecule has 34 heavy (non-hydrogen) atoms. The Hall–Kier alpha value is -4.05. The zero-order chi connectivity index (χ0) is 24.0. The Morgan fingerprint density at radius 2 is 1.82 bits per heavy atom. The topological polar surface area (TPSA) is 110 Å². The highest BCUT2D eigenvalue weighted by Gasteiger charge is 2.46. The molecule has 0 saturated heterocycles. The molecule has 170 valence electrons. The quantitative estimate of drug-likeness (QED) is 0.380. The van der Waals surface area contributed by atoms with Crippen molar-refractivity contribution in [2.24, 2.45) is 0 Å². The van der Waals surface area contributed by atoms with Crippen LogP contribution < -0.4 is 11.3 Å². The number of nitrogen functional groups attached to an aromatic ring is 1. The molecular formula is C23H14ClF3N6O. The van der Waals surface area contributed by atoms with Crippen molar-refractivity contribution >= 4 is 39.4 Å². The first-order valence-corrected chi connectivity index (χ1v) is 10.3. The number of aromatic nitrogens is 5. The number of fused-ring (bicyclic) bond motifs is 2. The Kier molecular flexibility index (Phi) is 5.17. The van der Waals surface area contributed by atoms with E-state index in [4.69, 9.17) is 17.3 Å². The van der Waals surface area contributed by atoms with E-state index in [1.165, 1.54) is 42.7 Å². The fourth-order valence-corrected chi connectivity index (χ4v) is 4.05. The summed E-state index contributed by atoms with van der Waals surface area (Å²) < 4.78 is 43.9. The number of para-hydroxylation sites is 1. The summed E-state index contributed by atoms with van der Waals surface area (Å²) in [5.41, 5.74) is 5.40. The van der Waals surface area contributed by atoms with Gasteiger partial charge in [-0.3, -0.25) is 9.78 Å². The number of hydrogen-bond donors (Lipinski definition) is 2. The monoisotopic (exact) mass is 482 g/mol. The molecule has 0 radical (unpaired) electrons. The van der Waals surface area contributed by atoms with E-state index in [0.29, 0.717) is 5.39 Å². The van der Waals surface area contributed by atoms with E-state index in [1.807, 2.05) is 0 Å². The van der Waals surface area contributed by atoms with Crippen LogP contribution in [0.5, 0.6) is 0 Å². The second kappa shape index (κ2) is 8.07. The van der Waals surface area contributed by atoms with Crippen LogP contribution in [0.25, 0.3) is 33.2 Å². The number of aromatic amines is 1. The van der Waals surface area contributed by atoms with Crippen LogP contribution in [0, 0.1) is 0 Å². The summed E-state index contributed by atoms with van der Waals surface area (Å²) in [6, 6.07) is 12.0. The zero-order valence-electron chi connectivity index (χ0n) is 17.1. The highest BCUT2D eigenvalue weighted by molar-refractivity contribution is 6.35. The number of halogens is 4. The molecule has 0 spiro atoms. The van der Waals surface area contributed by atoms with Crippen LogP contribution in [-0.2, 0) is 0 Å². The zero-order valence-corrected chi connectivity index (χ0v) is 17.9. The normalized spacial score (nSPS) is 12.8. The Bertz CT molecular complexity index is 1620. The van der Waals surface area contributed by atoms with Gasteiger partial charge in [0.15, 0.2) is 5.82 Å². The maximum Gasteiger partial charge on any atom is 0.402 e. The third kappa shape index (κ3) is 3.71. The van der Waals surface area contributed by atoms with Crippen LogP contribution in [0.2, 0.25) is 5.02 Å². The molecule has 4 heterocycles. The third-order valence-corrected chi connectivity index (χ3v) is 5.60. The average Bonchev–Trinajstić information content (AvgIpc) is 2.79. The van der Waals surface area contributed by atoms with Crippen molar-refractivity contribution in [3.05, 3.63) is 87.7 Å². The molecule has 0 unspecified atom stereocenters. The fourth-order valence-electron chi connectivity index (χ4n) is 3.82. The van der Waals surface area contributed by atoms with E-state index in [-0.39, 0.29) is 44.2 Å². The Balaban J connectivity index is 1.87. The van der Waals surface area contributed by atoms with E-state index in [9.17, 15) is 18.0 Å². The molecule has 0 aliphatic rings. The van der Waals surface area contributed by atoms with E-state index >= 15 is 0 Å². The first-order valence-electron chi connectivity index (χ1n) is 9.96. The lowest BCUT2D eigenvalue weighted by Gasteiger charge is -2.23. The average molecular weight is 483 g/mol. The number of H-pyrrole nitrogens is 1. The minimum atomic E-state index is -4.84. The first-order chi connectivity index (χ1) is 16.2. The molecule has 0 fully saturated rings. The number of benzene rings is 1. The van der Waals surface area contributed by atoms with Crippen LogP contribution in [0.4, 0.5) is 19.0 Å². The number of anilines is 1. The molecule has 0 aliphatic heterocycles. The van der Waals surface area contributed by atoms with Crippen molar-refractivity contribution in [3.63, 3.8) is 0 Å². The highest BCUT2D eigenvalue weighted by Crippen LogP contribution is 2.43. The molecule has 11 heteroatoms. The van der Waals surface area contributed by atoms with Crippen molar-refractivity contribution < 1.29 is 13.2 Å². The maximum atomic E-state index is 14.6. The van der Waals surface area contributed by atoms with E-state index in [0.717, 1.165) is 0 Å². The van der Waals surface area contributed by atoms with Crippen LogP contribution in [-0.4, -0.2) is 31.1 Å². The van der Waals surface area contributed by atoms with Crippen molar-refractivity contribution in [2.75, 3.05) is 5.73 Å². The van der Waals surface area contributed by atoms with E-state index < -0.39 is 23.5 Å². The van der Waals surface area contributed by atoms with Gasteiger partial charge in [0.2, 0.25) is 0 Å². The molecule has 0 aliphatic carbocycles. The van der Waals surface area contributed by atoms with Gasteiger partial charge >= 0.3 is 6.18 Å². The van der Waals surface area contributed by atoms with Crippen LogP contribution in [0.3, 0.4) is 0 Å². The van der Waals surface area contributed by atoms with Crippen molar-refractivity contribution in [1.82, 2.24) is 24.9 Å². The number of pyridine rings is 3. The summed E-state index contributed by atoms with van der Waals surface area (Å²) in [4.78, 5) is 31.5. The lowest BCUT2D eigenvalue weighted by atomic mass is 9.91. The number of hydrogen-bond acceptors (Lipinski definition) is 6. The number of nitrogens with zero attached hydrogens (tertiary/aromatic N) is 4. The second-order valence-corrected chi connectivity index (χ2v) is 7.87. The number of alkyl halides is 3. The molecule has 4 aromatic heterocycles. The molecular weight excluding hydrogens is 469 g/mol. The number of rotatable bonds is 3. The molecule has 1 atom stereocenters. The van der Waals surface area contributed by atoms with Gasteiger partial charge in [0.25, 0.3) is 5.56 Å². The predicted octanol–water partition coefficient (Wildman–Crippen LogP) is 4.86. The summed E-state index contributed by atoms with van der Waals surface area (Å²) in [7, 11) is 0. The lowest BCUT2D eigenvalue weighted by Crippen LogP contribution is -2.26. The minimum Gasteiger partial charge on any atom is -0.382 e. The molecule has 3 N–H and O–H groups in total. The van der Waals surface area contributed by atoms with Crippen molar-refractivity contribution in [2.45, 2.75) is 12.1 Å². The van der Waals surface area contributed by atoms with Crippen LogP contribution in [0.15, 0.2) is 65.7 Å². The first kappa shape index (κ1) is 21.8. The molecule has 0 amide bonds. The fraction of sp³-hybridized carbons (Fsp3) is 0.0870. The van der Waals surface area contributed by atoms with Crippen molar-refractivity contribution in [1.29, 1.82) is 0 Å². The largest absolute Gasteiger partial charge is 0.402 e. The van der Waals surface area contributed by atoms with Gasteiger partial charge in [-0.15, -0.1) is 0 Å². The molecule has 7 nitrogen and oxygen atoms in total. The summed E-state index contributed by atoms with van der Waals surface area (Å²) in [5, 5.41) is 0.599. The Morgan fingerprint density at radius 1 is 1.00 bits per heavy atom. The molecule has 0 bridgehead atoms. The van der Waals surface area contributed by atoms with E-state index in [2.05, 4.69) is 24.9 Å². The van der Waals surface area contributed by atoms with Gasteiger partial charge in [0.1, 0.15) is 17.3 Å². The van der Waals surface area contributed by atoms with Gasteiger partial charge in [-0.25, -0.2) is 15.0 Å². The summed E-state index contributed by atoms with van der Waals surface area (Å²) in [6.45, 7) is 0. The van der Waals surface area contributed by atoms with Gasteiger partial charge in [-0.05, 0) is 42.0 Å². The van der Waals surface area contributed by atoms with E-state index in [1.54, 1.807) is 18.2 Å². The van der Waals surface area contributed by atoms with Crippen LogP contribution in [0.1, 0.15) is 17.3 Å². The van der Waals surface area contributed by atoms with Crippen molar-refractivity contribution in [3.8, 4) is 11.3 Å². The smallest absolute Gasteiger partial charge is 0.382 e. The number of nitrogens with two attached hydrogens (primary N) is 1. The van der Waals surface area contributed by atoms with Crippen LogP contribution >= 0.6 is 11.6 Å². The lowest BCUT2D eigenvalue weighted by molar-refractivity contribution is -0.142. The molecule has 5 aromatic rings. The maximum absolute atomic E-state index is 14.6. The summed E-state index contributed by atoms with van der Waals surface area (Å²) in [6.07, 6.45) is -2.02. The van der Waals surface area contributed by atoms with Gasteiger partial charge in [0, 0.05) is 17.8 Å². The summed E-state index contributed by atoms with van der Waals surface area (Å²) in [5.74, 6) is -3.10. The predicted molar refractivity (Wildman–Crippen MR) is 122 cm³/mol. The number of nitrogens with one attached hydrogen (secondary N) is 1. The standard InChI is InChI=1S/C23H14ClF3N6O/c24-14-6-1-4-11-10-13(18(32-17(11)14)12-5-2-9-30-22(12)34)16(23(25,26)27)21-31-15-7-3-8-29-19(15)20(28)33-21/h1-10,16H,(H,30,34)(H2,28,31,33)/t16-/m1/s1. The Morgan fingerprint density at radius 3 is 2.59 bits per heavy atom. The SMILES string of the molecule is Nc1nc([C@@H](c2cc3cccc(Cl)c3nc2-c2ccc[nH]c2=O)C(F)(F)F)nc2cccnc12. The van der Waals surface area contributed by atoms with Gasteiger partial charge < -0.3 is 10.7 Å². The molecule has 1 aromatic carbocycles. The van der Waals surface area contributed by atoms with Gasteiger partial charge in [-0.1, -0.05) is 23.7 Å². The molecule has 0 saturated carbocycles. The van der Waals surface area contributed by atoms with Gasteiger partial charge in [0.05, 0.1) is 27.3 Å². The second-order valence-electron chi connectivity index (χ2n) is 7.46. The molecule has 5 rings (SSSR count). The highest BCUT2D eigenvalue weighted by atomic mass is 35.5. The third-order valence-electron chi connectivity index (χ3n) is 5.29. The van der Waals surface area contributed by atoms with Gasteiger partial charge in [-0.2, -0.15) is 13.2 Å². The minimum absolute atomic E-state index is 0.0519. The summed E-state index contributed by atoms with van der Waals surface area (Å²) >= 11 is 6.26.